The molecule has 0 spiro atoms. The zero-order chi connectivity index (χ0) is 20.6. The van der Waals surface area contributed by atoms with Crippen LogP contribution in [-0.4, -0.2) is 29.9 Å². The quantitative estimate of drug-likeness (QED) is 0.528. The fourth-order valence-electron chi connectivity index (χ4n) is 3.72. The van der Waals surface area contributed by atoms with Crippen molar-refractivity contribution in [3.63, 3.8) is 0 Å². The second-order valence-electron chi connectivity index (χ2n) is 7.53. The molecule has 0 bridgehead atoms. The lowest BCUT2D eigenvalue weighted by molar-refractivity contribution is -0.131. The summed E-state index contributed by atoms with van der Waals surface area (Å²) in [4.78, 5) is 23.0. The first-order chi connectivity index (χ1) is 14.0. The summed E-state index contributed by atoms with van der Waals surface area (Å²) in [6.07, 6.45) is 8.40. The van der Waals surface area contributed by atoms with Gasteiger partial charge in [0, 0.05) is 11.6 Å². The van der Waals surface area contributed by atoms with Gasteiger partial charge < -0.3 is 10.4 Å². The normalized spacial score (nSPS) is 16.3. The van der Waals surface area contributed by atoms with E-state index in [-0.39, 0.29) is 5.78 Å². The molecule has 0 amide bonds. The molecule has 3 rings (SSSR count). The molecule has 0 radical (unpaired) electrons. The SMILES string of the molecule is CC(c1ccc(C(=O)/C=C/c2ccc(/C=C/C(=O)O)cc2)cc1)C1CCNCC1. The van der Waals surface area contributed by atoms with Gasteiger partial charge in [0.1, 0.15) is 0 Å². The first-order valence-corrected chi connectivity index (χ1v) is 10.1. The lowest BCUT2D eigenvalue weighted by atomic mass is 9.81. The number of benzene rings is 2. The van der Waals surface area contributed by atoms with Crippen LogP contribution in [0.3, 0.4) is 0 Å². The smallest absolute Gasteiger partial charge is 0.328 e. The molecule has 1 heterocycles. The van der Waals surface area contributed by atoms with E-state index in [1.54, 1.807) is 12.2 Å². The molecule has 0 aromatic heterocycles. The largest absolute Gasteiger partial charge is 0.478 e. The van der Waals surface area contributed by atoms with Crippen LogP contribution in [0.2, 0.25) is 0 Å². The Bertz CT molecular complexity index is 889. The van der Waals surface area contributed by atoms with Gasteiger partial charge in [-0.05, 0) is 66.6 Å². The summed E-state index contributed by atoms with van der Waals surface area (Å²) in [6.45, 7) is 4.46. The lowest BCUT2D eigenvalue weighted by Gasteiger charge is -2.28. The van der Waals surface area contributed by atoms with Crippen LogP contribution in [-0.2, 0) is 4.79 Å². The van der Waals surface area contributed by atoms with E-state index in [1.807, 2.05) is 36.4 Å². The number of carboxylic acid groups (broad SMARTS) is 1. The number of carboxylic acids is 1. The summed E-state index contributed by atoms with van der Waals surface area (Å²) in [5, 5.41) is 12.1. The highest BCUT2D eigenvalue weighted by atomic mass is 16.4. The second kappa shape index (κ2) is 9.99. The van der Waals surface area contributed by atoms with Crippen molar-refractivity contribution in [2.24, 2.45) is 5.92 Å². The minimum atomic E-state index is -0.976. The van der Waals surface area contributed by atoms with Crippen LogP contribution in [0.5, 0.6) is 0 Å². The van der Waals surface area contributed by atoms with Crippen molar-refractivity contribution < 1.29 is 14.7 Å². The molecule has 0 saturated carbocycles. The molecule has 1 atom stereocenters. The number of piperidine rings is 1. The van der Waals surface area contributed by atoms with E-state index >= 15 is 0 Å². The highest BCUT2D eigenvalue weighted by Gasteiger charge is 2.21. The minimum Gasteiger partial charge on any atom is -0.478 e. The standard InChI is InChI=1S/C25H27NO3/c1-18(22-14-16-26-17-15-22)21-8-10-23(11-9-21)24(27)12-6-19-2-4-20(5-3-19)7-13-25(28)29/h2-13,18,22,26H,14-17H2,1H3,(H,28,29)/b12-6+,13-7+. The van der Waals surface area contributed by atoms with Gasteiger partial charge >= 0.3 is 5.97 Å². The van der Waals surface area contributed by atoms with Gasteiger partial charge in [0.25, 0.3) is 0 Å². The Hall–Kier alpha value is -2.98. The Labute approximate surface area is 172 Å². The van der Waals surface area contributed by atoms with Crippen LogP contribution in [0.15, 0.2) is 60.7 Å². The number of nitrogens with one attached hydrogen (secondary N) is 1. The summed E-state index contributed by atoms with van der Waals surface area (Å²) in [5.41, 5.74) is 3.67. The van der Waals surface area contributed by atoms with Gasteiger partial charge in [-0.2, -0.15) is 0 Å². The maximum atomic E-state index is 12.5. The topological polar surface area (TPSA) is 66.4 Å². The van der Waals surface area contributed by atoms with Gasteiger partial charge in [-0.25, -0.2) is 4.79 Å². The van der Waals surface area contributed by atoms with Crippen LogP contribution in [0.1, 0.15) is 52.7 Å². The van der Waals surface area contributed by atoms with Crippen molar-refractivity contribution in [1.82, 2.24) is 5.32 Å². The van der Waals surface area contributed by atoms with Gasteiger partial charge in [-0.15, -0.1) is 0 Å². The first-order valence-electron chi connectivity index (χ1n) is 10.1. The fourth-order valence-corrected chi connectivity index (χ4v) is 3.72. The Morgan fingerprint density at radius 2 is 1.48 bits per heavy atom. The Morgan fingerprint density at radius 3 is 2.03 bits per heavy atom. The van der Waals surface area contributed by atoms with Gasteiger partial charge in [0.2, 0.25) is 0 Å². The maximum absolute atomic E-state index is 12.5. The third kappa shape index (κ3) is 6.00. The number of allylic oxidation sites excluding steroid dienone is 1. The van der Waals surface area contributed by atoms with Gasteiger partial charge in [0.05, 0.1) is 0 Å². The maximum Gasteiger partial charge on any atom is 0.328 e. The molecule has 1 fully saturated rings. The molecule has 4 heteroatoms. The van der Waals surface area contributed by atoms with E-state index in [0.29, 0.717) is 17.4 Å². The highest BCUT2D eigenvalue weighted by molar-refractivity contribution is 6.06. The number of aliphatic carboxylic acids is 1. The first kappa shape index (κ1) is 20.7. The van der Waals surface area contributed by atoms with Crippen molar-refractivity contribution in [2.45, 2.75) is 25.7 Å². The van der Waals surface area contributed by atoms with Gasteiger partial charge in [-0.1, -0.05) is 61.5 Å². The Kier molecular flexibility index (Phi) is 7.14. The number of carbonyl (C=O) groups is 2. The van der Waals surface area contributed by atoms with Crippen molar-refractivity contribution in [1.29, 1.82) is 0 Å². The van der Waals surface area contributed by atoms with Gasteiger partial charge in [-0.3, -0.25) is 4.79 Å². The number of carbonyl (C=O) groups excluding carboxylic acids is 1. The molecular weight excluding hydrogens is 362 g/mol. The summed E-state index contributed by atoms with van der Waals surface area (Å²) in [6, 6.07) is 15.3. The van der Waals surface area contributed by atoms with Crippen molar-refractivity contribution in [3.8, 4) is 0 Å². The second-order valence-corrected chi connectivity index (χ2v) is 7.53. The predicted octanol–water partition coefficient (Wildman–Crippen LogP) is 4.78. The number of ketones is 1. The van der Waals surface area contributed by atoms with Crippen LogP contribution in [0, 0.1) is 5.92 Å². The molecule has 1 aliphatic heterocycles. The monoisotopic (exact) mass is 389 g/mol. The average Bonchev–Trinajstić information content (AvgIpc) is 2.77. The molecule has 1 saturated heterocycles. The Morgan fingerprint density at radius 1 is 0.931 bits per heavy atom. The molecule has 2 aromatic carbocycles. The molecule has 1 unspecified atom stereocenters. The predicted molar refractivity (Wildman–Crippen MR) is 117 cm³/mol. The van der Waals surface area contributed by atoms with Crippen molar-refractivity contribution in [3.05, 3.63) is 82.9 Å². The molecular formula is C25H27NO3. The zero-order valence-corrected chi connectivity index (χ0v) is 16.7. The summed E-state index contributed by atoms with van der Waals surface area (Å²) in [5.74, 6) is 0.202. The number of rotatable bonds is 7. The number of hydrogen-bond acceptors (Lipinski definition) is 3. The number of hydrogen-bond donors (Lipinski definition) is 2. The lowest BCUT2D eigenvalue weighted by Crippen LogP contribution is -2.30. The summed E-state index contributed by atoms with van der Waals surface area (Å²) in [7, 11) is 0. The molecule has 2 aromatic rings. The molecule has 2 N–H and O–H groups in total. The third-order valence-electron chi connectivity index (χ3n) is 5.59. The minimum absolute atomic E-state index is 0.0269. The van der Waals surface area contributed by atoms with Crippen LogP contribution >= 0.6 is 0 Å². The van der Waals surface area contributed by atoms with E-state index in [2.05, 4.69) is 24.4 Å². The average molecular weight is 389 g/mol. The highest BCUT2D eigenvalue weighted by Crippen LogP contribution is 2.30. The van der Waals surface area contributed by atoms with Crippen molar-refractivity contribution >= 4 is 23.9 Å². The van der Waals surface area contributed by atoms with Crippen molar-refractivity contribution in [2.75, 3.05) is 13.1 Å². The Balaban J connectivity index is 1.60. The fraction of sp³-hybridized carbons (Fsp3) is 0.280. The van der Waals surface area contributed by atoms with E-state index < -0.39 is 5.97 Å². The molecule has 1 aliphatic rings. The van der Waals surface area contributed by atoms with Crippen LogP contribution in [0.25, 0.3) is 12.2 Å². The van der Waals surface area contributed by atoms with Crippen LogP contribution < -0.4 is 5.32 Å². The van der Waals surface area contributed by atoms with E-state index in [4.69, 9.17) is 5.11 Å². The molecule has 150 valence electrons. The molecule has 4 nitrogen and oxygen atoms in total. The van der Waals surface area contributed by atoms with E-state index in [1.165, 1.54) is 24.5 Å². The zero-order valence-electron chi connectivity index (χ0n) is 16.7. The van der Waals surface area contributed by atoms with E-state index in [0.717, 1.165) is 30.3 Å². The summed E-state index contributed by atoms with van der Waals surface area (Å²) >= 11 is 0. The third-order valence-corrected chi connectivity index (χ3v) is 5.59. The van der Waals surface area contributed by atoms with Crippen LogP contribution in [0.4, 0.5) is 0 Å². The molecule has 29 heavy (non-hydrogen) atoms. The molecule has 0 aliphatic carbocycles. The van der Waals surface area contributed by atoms with Gasteiger partial charge in [0.15, 0.2) is 5.78 Å². The van der Waals surface area contributed by atoms with E-state index in [9.17, 15) is 9.59 Å². The summed E-state index contributed by atoms with van der Waals surface area (Å²) < 4.78 is 0.